The van der Waals surface area contributed by atoms with E-state index in [9.17, 15) is 0 Å². The Morgan fingerprint density at radius 2 is 2.53 bits per heavy atom. The van der Waals surface area contributed by atoms with Crippen LogP contribution >= 0.6 is 11.3 Å². The van der Waals surface area contributed by atoms with Gasteiger partial charge in [0.05, 0.1) is 12.3 Å². The van der Waals surface area contributed by atoms with E-state index in [1.165, 1.54) is 0 Å². The van der Waals surface area contributed by atoms with Crippen molar-refractivity contribution in [2.24, 2.45) is 0 Å². The molecule has 2 heterocycles. The Bertz CT molecular complexity index is 355. The lowest BCUT2D eigenvalue weighted by Gasteiger charge is -2.28. The van der Waals surface area contributed by atoms with E-state index in [0.717, 1.165) is 36.9 Å². The molecule has 17 heavy (non-hydrogen) atoms. The van der Waals surface area contributed by atoms with Crippen molar-refractivity contribution in [3.63, 3.8) is 0 Å². The lowest BCUT2D eigenvalue weighted by atomic mass is 10.2. The number of hydrogen-bond donors (Lipinski definition) is 1. The normalized spacial score (nSPS) is 23.8. The second kappa shape index (κ2) is 5.91. The Morgan fingerprint density at radius 1 is 1.71 bits per heavy atom. The molecule has 0 bridgehead atoms. The predicted molar refractivity (Wildman–Crippen MR) is 70.4 cm³/mol. The highest BCUT2D eigenvalue weighted by Gasteiger charge is 2.23. The summed E-state index contributed by atoms with van der Waals surface area (Å²) in [6.45, 7) is 8.00. The smallest absolute Gasteiger partial charge is 0.123 e. The van der Waals surface area contributed by atoms with E-state index >= 15 is 0 Å². The van der Waals surface area contributed by atoms with E-state index in [-0.39, 0.29) is 6.10 Å². The molecule has 1 N–H and O–H groups in total. The van der Waals surface area contributed by atoms with Crippen LogP contribution in [0.15, 0.2) is 5.38 Å². The van der Waals surface area contributed by atoms with Crippen molar-refractivity contribution in [2.75, 3.05) is 33.3 Å². The van der Waals surface area contributed by atoms with Gasteiger partial charge in [-0.3, -0.25) is 0 Å². The summed E-state index contributed by atoms with van der Waals surface area (Å²) in [5, 5.41) is 6.63. The number of aromatic nitrogens is 1. The molecule has 96 valence electrons. The van der Waals surface area contributed by atoms with Crippen LogP contribution in [0.3, 0.4) is 0 Å². The van der Waals surface area contributed by atoms with Crippen LogP contribution in [-0.2, 0) is 4.74 Å². The molecule has 0 aliphatic carbocycles. The zero-order valence-electron chi connectivity index (χ0n) is 10.8. The molecule has 4 nitrogen and oxygen atoms in total. The van der Waals surface area contributed by atoms with Gasteiger partial charge >= 0.3 is 0 Å². The topological polar surface area (TPSA) is 37.4 Å². The molecule has 0 radical (unpaired) electrons. The molecule has 2 atom stereocenters. The number of thiazole rings is 1. The summed E-state index contributed by atoms with van der Waals surface area (Å²) in [5.74, 6) is 0. The fraction of sp³-hybridized carbons (Fsp3) is 0.750. The second-order valence-electron chi connectivity index (χ2n) is 4.51. The van der Waals surface area contributed by atoms with Crippen LogP contribution in [0.1, 0.15) is 36.7 Å². The summed E-state index contributed by atoms with van der Waals surface area (Å²) >= 11 is 1.71. The highest BCUT2D eigenvalue weighted by Crippen LogP contribution is 2.26. The molecule has 1 fully saturated rings. The predicted octanol–water partition coefficient (Wildman–Crippen LogP) is 1.82. The summed E-state index contributed by atoms with van der Waals surface area (Å²) in [6.07, 6.45) is 0.154. The largest absolute Gasteiger partial charge is 0.368 e. The van der Waals surface area contributed by atoms with Crippen LogP contribution in [0.25, 0.3) is 0 Å². The number of likely N-dealkylation sites (N-methyl/N-ethyl adjacent to an activating group) is 1. The van der Waals surface area contributed by atoms with Crippen molar-refractivity contribution in [3.8, 4) is 0 Å². The SMILES string of the molecule is CCNC(C)c1csc(C2CN(C)CCO2)n1. The van der Waals surface area contributed by atoms with Crippen LogP contribution in [0.4, 0.5) is 0 Å². The maximum atomic E-state index is 5.77. The van der Waals surface area contributed by atoms with Gasteiger partial charge in [0.1, 0.15) is 11.1 Å². The van der Waals surface area contributed by atoms with Crippen molar-refractivity contribution in [1.82, 2.24) is 15.2 Å². The van der Waals surface area contributed by atoms with Gasteiger partial charge in [-0.05, 0) is 20.5 Å². The fourth-order valence-corrected chi connectivity index (χ4v) is 2.94. The van der Waals surface area contributed by atoms with Gasteiger partial charge in [-0.1, -0.05) is 6.92 Å². The molecule has 1 aromatic rings. The Morgan fingerprint density at radius 3 is 3.24 bits per heavy atom. The van der Waals surface area contributed by atoms with E-state index in [4.69, 9.17) is 9.72 Å². The quantitative estimate of drug-likeness (QED) is 0.890. The Hall–Kier alpha value is -0.490. The first kappa shape index (κ1) is 13.0. The second-order valence-corrected chi connectivity index (χ2v) is 5.40. The van der Waals surface area contributed by atoms with E-state index < -0.39 is 0 Å². The van der Waals surface area contributed by atoms with Gasteiger partial charge in [-0.15, -0.1) is 11.3 Å². The lowest BCUT2D eigenvalue weighted by Crippen LogP contribution is -2.35. The summed E-state index contributed by atoms with van der Waals surface area (Å²) < 4.78 is 5.77. The van der Waals surface area contributed by atoms with Crippen molar-refractivity contribution < 1.29 is 4.74 Å². The third kappa shape index (κ3) is 3.25. The fourth-order valence-electron chi connectivity index (χ4n) is 1.99. The summed E-state index contributed by atoms with van der Waals surface area (Å²) in [7, 11) is 2.13. The van der Waals surface area contributed by atoms with E-state index in [1.54, 1.807) is 11.3 Å². The summed E-state index contributed by atoms with van der Waals surface area (Å²) in [4.78, 5) is 6.99. The van der Waals surface area contributed by atoms with Gasteiger partial charge in [0.15, 0.2) is 0 Å². The molecule has 1 aromatic heterocycles. The van der Waals surface area contributed by atoms with Crippen molar-refractivity contribution in [2.45, 2.75) is 26.0 Å². The Kier molecular flexibility index (Phi) is 4.50. The highest BCUT2D eigenvalue weighted by atomic mass is 32.1. The molecular formula is C12H21N3OS. The number of ether oxygens (including phenoxy) is 1. The average Bonchev–Trinajstić information content (AvgIpc) is 2.78. The van der Waals surface area contributed by atoms with Crippen molar-refractivity contribution in [1.29, 1.82) is 0 Å². The molecule has 2 rings (SSSR count). The standard InChI is InChI=1S/C12H21N3OS/c1-4-13-9(2)10-8-17-12(14-10)11-7-15(3)5-6-16-11/h8-9,11,13H,4-7H2,1-3H3. The average molecular weight is 255 g/mol. The lowest BCUT2D eigenvalue weighted by molar-refractivity contribution is -0.0210. The number of hydrogen-bond acceptors (Lipinski definition) is 5. The molecule has 5 heteroatoms. The Balaban J connectivity index is 2.02. The summed E-state index contributed by atoms with van der Waals surface area (Å²) in [6, 6.07) is 0.325. The first-order valence-electron chi connectivity index (χ1n) is 6.19. The van der Waals surface area contributed by atoms with E-state index in [0.29, 0.717) is 6.04 Å². The molecule has 0 saturated carbocycles. The van der Waals surface area contributed by atoms with Gasteiger partial charge in [0.2, 0.25) is 0 Å². The zero-order valence-corrected chi connectivity index (χ0v) is 11.6. The molecular weight excluding hydrogens is 234 g/mol. The number of nitrogens with zero attached hydrogens (tertiary/aromatic N) is 2. The first-order chi connectivity index (χ1) is 8.20. The van der Waals surface area contributed by atoms with Crippen LogP contribution in [0, 0.1) is 0 Å². The van der Waals surface area contributed by atoms with Crippen molar-refractivity contribution in [3.05, 3.63) is 16.1 Å². The monoisotopic (exact) mass is 255 g/mol. The third-order valence-corrected chi connectivity index (χ3v) is 3.99. The molecule has 2 unspecified atom stereocenters. The van der Waals surface area contributed by atoms with Crippen LogP contribution < -0.4 is 5.32 Å². The van der Waals surface area contributed by atoms with Gasteiger partial charge < -0.3 is 15.0 Å². The van der Waals surface area contributed by atoms with Gasteiger partial charge in [-0.2, -0.15) is 0 Å². The maximum absolute atomic E-state index is 5.77. The minimum atomic E-state index is 0.154. The van der Waals surface area contributed by atoms with Crippen molar-refractivity contribution >= 4 is 11.3 Å². The molecule has 0 aromatic carbocycles. The number of rotatable bonds is 4. The van der Waals surface area contributed by atoms with Crippen LogP contribution in [-0.4, -0.2) is 43.2 Å². The van der Waals surface area contributed by atoms with Gasteiger partial charge in [0, 0.05) is 24.5 Å². The molecule has 1 aliphatic heterocycles. The van der Waals surface area contributed by atoms with Crippen LogP contribution in [0.2, 0.25) is 0 Å². The minimum absolute atomic E-state index is 0.154. The minimum Gasteiger partial charge on any atom is -0.368 e. The molecule has 1 saturated heterocycles. The molecule has 0 spiro atoms. The highest BCUT2D eigenvalue weighted by molar-refractivity contribution is 7.09. The molecule has 0 amide bonds. The first-order valence-corrected chi connectivity index (χ1v) is 7.07. The number of nitrogens with one attached hydrogen (secondary N) is 1. The Labute approximate surface area is 107 Å². The third-order valence-electron chi connectivity index (χ3n) is 3.04. The van der Waals surface area contributed by atoms with Gasteiger partial charge in [-0.25, -0.2) is 4.98 Å². The van der Waals surface area contributed by atoms with E-state index in [2.05, 4.69) is 36.5 Å². The number of morpholine rings is 1. The zero-order chi connectivity index (χ0) is 12.3. The van der Waals surface area contributed by atoms with Gasteiger partial charge in [0.25, 0.3) is 0 Å². The van der Waals surface area contributed by atoms with Crippen LogP contribution in [0.5, 0.6) is 0 Å². The summed E-state index contributed by atoms with van der Waals surface area (Å²) in [5.41, 5.74) is 1.13. The van der Waals surface area contributed by atoms with E-state index in [1.807, 2.05) is 0 Å². The molecule has 1 aliphatic rings. The maximum Gasteiger partial charge on any atom is 0.123 e.